The largest absolute Gasteiger partial charge is 0.495 e. The number of nitro groups is 1. The minimum Gasteiger partial charge on any atom is -0.495 e. The Kier molecular flexibility index (Phi) is 5.24. The van der Waals surface area contributed by atoms with Crippen molar-refractivity contribution < 1.29 is 9.66 Å². The molecule has 26 heavy (non-hydrogen) atoms. The van der Waals surface area contributed by atoms with Crippen LogP contribution in [0.2, 0.25) is 0 Å². The molecule has 1 atom stereocenters. The van der Waals surface area contributed by atoms with E-state index >= 15 is 0 Å². The first-order valence-corrected chi connectivity index (χ1v) is 8.77. The zero-order valence-corrected chi connectivity index (χ0v) is 15.6. The Hall–Kier alpha value is -2.85. The number of hydrogen-bond donors (Lipinski definition) is 1. The number of rotatable bonds is 5. The summed E-state index contributed by atoms with van der Waals surface area (Å²) in [5.74, 6) is -0.125. The molecule has 1 aliphatic rings. The lowest BCUT2D eigenvalue weighted by Gasteiger charge is -2.24. The van der Waals surface area contributed by atoms with Crippen LogP contribution < -0.4 is 10.1 Å². The summed E-state index contributed by atoms with van der Waals surface area (Å²) >= 11 is 3.33. The fraction of sp³-hybridized carbons (Fsp3) is 0.211. The molecule has 1 unspecified atom stereocenters. The van der Waals surface area contributed by atoms with E-state index in [0.717, 1.165) is 11.3 Å². The molecule has 2 aromatic carbocycles. The molecule has 0 aromatic heterocycles. The fourth-order valence-corrected chi connectivity index (χ4v) is 3.71. The Balaban J connectivity index is 2.04. The molecule has 0 spiro atoms. The first-order chi connectivity index (χ1) is 12.5. The molecule has 0 fully saturated rings. The predicted octanol–water partition coefficient (Wildman–Crippen LogP) is 4.51. The maximum absolute atomic E-state index is 11.5. The Labute approximate surface area is 159 Å². The Morgan fingerprint density at radius 3 is 2.77 bits per heavy atom. The van der Waals surface area contributed by atoms with Crippen LogP contribution >= 0.6 is 15.9 Å². The highest BCUT2D eigenvalue weighted by atomic mass is 79.9. The number of nitrogens with zero attached hydrogens (tertiary/aromatic N) is 2. The standard InChI is InChI=1S/C19H16BrN3O3/c1-26-19-15-8-14(22-11-12-5-3-2-4-6-12)7-13(10-21)18(15)17(23(24)25)9-16(19)20/h2-6,8-9,13,22H,7,11H2,1H3. The Morgan fingerprint density at radius 1 is 1.42 bits per heavy atom. The number of methoxy groups -OCH3 is 1. The van der Waals surface area contributed by atoms with Gasteiger partial charge in [-0.3, -0.25) is 10.1 Å². The molecule has 0 aliphatic heterocycles. The topological polar surface area (TPSA) is 88.2 Å². The van der Waals surface area contributed by atoms with Crippen molar-refractivity contribution in [2.75, 3.05) is 7.11 Å². The van der Waals surface area contributed by atoms with E-state index in [4.69, 9.17) is 4.74 Å². The van der Waals surface area contributed by atoms with Crippen LogP contribution in [0, 0.1) is 21.4 Å². The van der Waals surface area contributed by atoms with E-state index in [-0.39, 0.29) is 5.69 Å². The SMILES string of the molecule is COc1c(Br)cc([N+](=O)[O-])c2c1C=C(NCc1ccccc1)CC2C#N. The van der Waals surface area contributed by atoms with E-state index in [1.54, 1.807) is 0 Å². The molecule has 0 radical (unpaired) electrons. The van der Waals surface area contributed by atoms with Gasteiger partial charge in [0, 0.05) is 30.3 Å². The summed E-state index contributed by atoms with van der Waals surface area (Å²) in [4.78, 5) is 11.0. The lowest BCUT2D eigenvalue weighted by Crippen LogP contribution is -2.19. The summed E-state index contributed by atoms with van der Waals surface area (Å²) in [5.41, 5.74) is 2.86. The van der Waals surface area contributed by atoms with Gasteiger partial charge in [-0.05, 0) is 27.6 Å². The van der Waals surface area contributed by atoms with Gasteiger partial charge in [-0.25, -0.2) is 0 Å². The zero-order valence-electron chi connectivity index (χ0n) is 14.0. The van der Waals surface area contributed by atoms with Gasteiger partial charge in [-0.15, -0.1) is 0 Å². The summed E-state index contributed by atoms with van der Waals surface area (Å²) < 4.78 is 5.92. The maximum Gasteiger partial charge on any atom is 0.275 e. The summed E-state index contributed by atoms with van der Waals surface area (Å²) in [6, 6.07) is 13.5. The van der Waals surface area contributed by atoms with Crippen molar-refractivity contribution in [3.63, 3.8) is 0 Å². The van der Waals surface area contributed by atoms with Crippen molar-refractivity contribution in [1.29, 1.82) is 5.26 Å². The van der Waals surface area contributed by atoms with E-state index in [2.05, 4.69) is 27.3 Å². The number of hydrogen-bond acceptors (Lipinski definition) is 5. The van der Waals surface area contributed by atoms with Crippen molar-refractivity contribution >= 4 is 27.7 Å². The van der Waals surface area contributed by atoms with Crippen LogP contribution in [0.4, 0.5) is 5.69 Å². The molecule has 7 heteroatoms. The normalized spacial score (nSPS) is 15.4. The molecule has 0 bridgehead atoms. The van der Waals surface area contributed by atoms with Crippen molar-refractivity contribution in [3.05, 3.63) is 73.4 Å². The number of halogens is 1. The molecule has 0 saturated heterocycles. The summed E-state index contributed by atoms with van der Waals surface area (Å²) in [7, 11) is 1.51. The summed E-state index contributed by atoms with van der Waals surface area (Å²) in [6.07, 6.45) is 2.23. The lowest BCUT2D eigenvalue weighted by atomic mass is 9.84. The van der Waals surface area contributed by atoms with Gasteiger partial charge >= 0.3 is 0 Å². The zero-order chi connectivity index (χ0) is 18.7. The molecule has 2 aromatic rings. The molecule has 0 heterocycles. The lowest BCUT2D eigenvalue weighted by molar-refractivity contribution is -0.385. The van der Waals surface area contributed by atoms with Crippen LogP contribution in [0.25, 0.3) is 6.08 Å². The van der Waals surface area contributed by atoms with Gasteiger partial charge < -0.3 is 10.1 Å². The van der Waals surface area contributed by atoms with Gasteiger partial charge in [0.1, 0.15) is 5.75 Å². The second-order valence-electron chi connectivity index (χ2n) is 5.89. The van der Waals surface area contributed by atoms with Gasteiger partial charge in [0.25, 0.3) is 5.69 Å². The number of nitro benzene ring substituents is 1. The molecule has 1 aliphatic carbocycles. The maximum atomic E-state index is 11.5. The molecular weight excluding hydrogens is 398 g/mol. The van der Waals surface area contributed by atoms with Gasteiger partial charge in [-0.1, -0.05) is 30.3 Å². The Bertz CT molecular complexity index is 920. The molecule has 0 saturated carbocycles. The molecule has 1 N–H and O–H groups in total. The number of ether oxygens (including phenoxy) is 1. The van der Waals surface area contributed by atoms with Gasteiger partial charge in [0.15, 0.2) is 0 Å². The predicted molar refractivity (Wildman–Crippen MR) is 102 cm³/mol. The molecule has 6 nitrogen and oxygen atoms in total. The van der Waals surface area contributed by atoms with Crippen molar-refractivity contribution in [2.24, 2.45) is 0 Å². The third-order valence-electron chi connectivity index (χ3n) is 4.30. The van der Waals surface area contributed by atoms with Crippen LogP contribution in [0.5, 0.6) is 5.75 Å². The van der Waals surface area contributed by atoms with Crippen LogP contribution in [-0.2, 0) is 6.54 Å². The van der Waals surface area contributed by atoms with Crippen LogP contribution in [0.1, 0.15) is 29.0 Å². The summed E-state index contributed by atoms with van der Waals surface area (Å²) in [5, 5.41) is 24.4. The minimum atomic E-state index is -0.615. The molecule has 0 amide bonds. The van der Waals surface area contributed by atoms with Gasteiger partial charge in [0.05, 0.1) is 34.1 Å². The number of benzene rings is 2. The third kappa shape index (κ3) is 3.41. The van der Waals surface area contributed by atoms with Crippen LogP contribution in [0.3, 0.4) is 0 Å². The van der Waals surface area contributed by atoms with E-state index in [0.29, 0.717) is 34.3 Å². The first-order valence-electron chi connectivity index (χ1n) is 7.98. The van der Waals surface area contributed by atoms with E-state index < -0.39 is 10.8 Å². The van der Waals surface area contributed by atoms with Crippen molar-refractivity contribution in [3.8, 4) is 11.8 Å². The highest BCUT2D eigenvalue weighted by Gasteiger charge is 2.33. The molecule has 132 valence electrons. The average molecular weight is 414 g/mol. The smallest absolute Gasteiger partial charge is 0.275 e. The van der Waals surface area contributed by atoms with Crippen LogP contribution in [-0.4, -0.2) is 12.0 Å². The monoisotopic (exact) mass is 413 g/mol. The van der Waals surface area contributed by atoms with Gasteiger partial charge in [0.2, 0.25) is 0 Å². The van der Waals surface area contributed by atoms with E-state index in [1.807, 2.05) is 36.4 Å². The summed E-state index contributed by atoms with van der Waals surface area (Å²) in [6.45, 7) is 0.610. The average Bonchev–Trinajstić information content (AvgIpc) is 2.65. The molecule has 3 rings (SSSR count). The second kappa shape index (κ2) is 7.58. The number of allylic oxidation sites excluding steroid dienone is 1. The third-order valence-corrected chi connectivity index (χ3v) is 4.89. The highest BCUT2D eigenvalue weighted by Crippen LogP contribution is 2.46. The van der Waals surface area contributed by atoms with E-state index in [1.165, 1.54) is 13.2 Å². The number of nitrogens with one attached hydrogen (secondary N) is 1. The first kappa shape index (κ1) is 18.0. The highest BCUT2D eigenvalue weighted by molar-refractivity contribution is 9.10. The second-order valence-corrected chi connectivity index (χ2v) is 6.74. The van der Waals surface area contributed by atoms with Crippen molar-refractivity contribution in [1.82, 2.24) is 5.32 Å². The fourth-order valence-electron chi connectivity index (χ4n) is 3.12. The van der Waals surface area contributed by atoms with Crippen molar-refractivity contribution in [2.45, 2.75) is 18.9 Å². The molecular formula is C19H16BrN3O3. The Morgan fingerprint density at radius 2 is 2.15 bits per heavy atom. The number of nitriles is 1. The number of fused-ring (bicyclic) bond motifs is 1. The minimum absolute atomic E-state index is 0.0717. The van der Waals surface area contributed by atoms with Gasteiger partial charge in [-0.2, -0.15) is 5.26 Å². The van der Waals surface area contributed by atoms with Crippen LogP contribution in [0.15, 0.2) is 46.6 Å². The quantitative estimate of drug-likeness (QED) is 0.575. The van der Waals surface area contributed by atoms with E-state index in [9.17, 15) is 15.4 Å².